The molecule has 0 atom stereocenters. The molecule has 136 valence electrons. The highest BCUT2D eigenvalue weighted by Crippen LogP contribution is 2.13. The van der Waals surface area contributed by atoms with Crippen molar-refractivity contribution in [1.82, 2.24) is 10.0 Å². The molecule has 0 amide bonds. The summed E-state index contributed by atoms with van der Waals surface area (Å²) >= 11 is 0. The van der Waals surface area contributed by atoms with Gasteiger partial charge in [-0.2, -0.15) is 0 Å². The van der Waals surface area contributed by atoms with Gasteiger partial charge in [-0.3, -0.25) is 0 Å². The molecule has 0 unspecified atom stereocenters. The lowest BCUT2D eigenvalue weighted by Gasteiger charge is -2.09. The van der Waals surface area contributed by atoms with Crippen molar-refractivity contribution in [1.29, 1.82) is 0 Å². The van der Waals surface area contributed by atoms with Gasteiger partial charge in [0.15, 0.2) is 0 Å². The van der Waals surface area contributed by atoms with Crippen molar-refractivity contribution >= 4 is 10.0 Å². The number of nitrogens with one attached hydrogen (secondary N) is 2. The van der Waals surface area contributed by atoms with Crippen LogP contribution in [0.3, 0.4) is 0 Å². The molecule has 0 saturated carbocycles. The molecule has 2 aromatic carbocycles. The second-order valence-corrected chi connectivity index (χ2v) is 7.55. The Morgan fingerprint density at radius 2 is 1.65 bits per heavy atom. The van der Waals surface area contributed by atoms with E-state index in [0.29, 0.717) is 18.7 Å². The Hall–Kier alpha value is -2.48. The van der Waals surface area contributed by atoms with Gasteiger partial charge in [0.05, 0.1) is 17.7 Å². The first kappa shape index (κ1) is 18.3. The molecular weight excluding hydrogens is 355 g/mol. The highest BCUT2D eigenvalue weighted by atomic mass is 32.2. The molecule has 3 rings (SSSR count). The number of benzene rings is 2. The molecule has 1 heterocycles. The molecule has 5 nitrogen and oxygen atoms in total. The predicted octanol–water partition coefficient (Wildman–Crippen LogP) is 3.19. The molecule has 0 aliphatic heterocycles. The van der Waals surface area contributed by atoms with Gasteiger partial charge in [-0.15, -0.1) is 0 Å². The number of sulfonamides is 1. The van der Waals surface area contributed by atoms with Gasteiger partial charge < -0.3 is 9.73 Å². The molecule has 0 aliphatic carbocycles. The standard InChI is InChI=1S/C19H19FN2O3S/c20-17-6-1-4-15(10-17)13-22-26(23,24)19-8-2-5-16(11-19)12-21-14-18-7-3-9-25-18/h1-11,21-22H,12-14H2. The zero-order valence-corrected chi connectivity index (χ0v) is 14.8. The number of halogens is 1. The van der Waals surface area contributed by atoms with Crippen LogP contribution in [0.15, 0.2) is 76.2 Å². The summed E-state index contributed by atoms with van der Waals surface area (Å²) in [5, 5.41) is 3.20. The first-order valence-electron chi connectivity index (χ1n) is 8.09. The molecule has 7 heteroatoms. The lowest BCUT2D eigenvalue weighted by Crippen LogP contribution is -2.23. The van der Waals surface area contributed by atoms with Crippen LogP contribution in [0.2, 0.25) is 0 Å². The fraction of sp³-hybridized carbons (Fsp3) is 0.158. The van der Waals surface area contributed by atoms with Crippen molar-refractivity contribution in [2.75, 3.05) is 0 Å². The SMILES string of the molecule is O=S(=O)(NCc1cccc(F)c1)c1cccc(CNCc2ccco2)c1. The van der Waals surface area contributed by atoms with Gasteiger partial charge >= 0.3 is 0 Å². The van der Waals surface area contributed by atoms with Gasteiger partial charge in [-0.1, -0.05) is 24.3 Å². The maximum Gasteiger partial charge on any atom is 0.240 e. The normalized spacial score (nSPS) is 11.6. The second-order valence-electron chi connectivity index (χ2n) is 5.78. The monoisotopic (exact) mass is 374 g/mol. The van der Waals surface area contributed by atoms with E-state index < -0.39 is 15.8 Å². The Morgan fingerprint density at radius 3 is 2.38 bits per heavy atom. The van der Waals surface area contributed by atoms with E-state index in [1.54, 1.807) is 30.5 Å². The fourth-order valence-electron chi connectivity index (χ4n) is 2.47. The third-order valence-corrected chi connectivity index (χ3v) is 5.17. The van der Waals surface area contributed by atoms with E-state index in [-0.39, 0.29) is 11.4 Å². The summed E-state index contributed by atoms with van der Waals surface area (Å²) < 4.78 is 45.8. The van der Waals surface area contributed by atoms with Gasteiger partial charge in [0.25, 0.3) is 0 Å². The summed E-state index contributed by atoms with van der Waals surface area (Å²) in [6, 6.07) is 16.2. The van der Waals surface area contributed by atoms with Gasteiger partial charge in [0, 0.05) is 13.1 Å². The zero-order valence-electron chi connectivity index (χ0n) is 14.0. The smallest absolute Gasteiger partial charge is 0.240 e. The Balaban J connectivity index is 1.61. The maximum atomic E-state index is 13.2. The van der Waals surface area contributed by atoms with Crippen LogP contribution in [-0.2, 0) is 29.7 Å². The quantitative estimate of drug-likeness (QED) is 0.635. The van der Waals surface area contributed by atoms with E-state index in [1.165, 1.54) is 18.2 Å². The van der Waals surface area contributed by atoms with Crippen molar-refractivity contribution in [3.8, 4) is 0 Å². The van der Waals surface area contributed by atoms with Crippen LogP contribution in [0.1, 0.15) is 16.9 Å². The summed E-state index contributed by atoms with van der Waals surface area (Å²) in [7, 11) is -3.68. The molecule has 0 fully saturated rings. The summed E-state index contributed by atoms with van der Waals surface area (Å²) in [6.07, 6.45) is 1.61. The second kappa shape index (κ2) is 8.27. The fourth-order valence-corrected chi connectivity index (χ4v) is 3.56. The molecule has 3 aromatic rings. The average Bonchev–Trinajstić information content (AvgIpc) is 3.14. The Morgan fingerprint density at radius 1 is 0.885 bits per heavy atom. The Kier molecular flexibility index (Phi) is 5.82. The van der Waals surface area contributed by atoms with E-state index >= 15 is 0 Å². The van der Waals surface area contributed by atoms with Crippen LogP contribution in [0, 0.1) is 5.82 Å². The number of rotatable bonds is 8. The molecule has 26 heavy (non-hydrogen) atoms. The summed E-state index contributed by atoms with van der Waals surface area (Å²) in [4.78, 5) is 0.172. The minimum atomic E-state index is -3.68. The van der Waals surface area contributed by atoms with Gasteiger partial charge in [-0.25, -0.2) is 17.5 Å². The van der Waals surface area contributed by atoms with Crippen molar-refractivity contribution in [3.05, 3.63) is 89.6 Å². The molecule has 0 saturated heterocycles. The third-order valence-electron chi connectivity index (χ3n) is 3.77. The Labute approximate surface area is 151 Å². The molecular formula is C19H19FN2O3S. The minimum absolute atomic E-state index is 0.0288. The van der Waals surface area contributed by atoms with Crippen molar-refractivity contribution in [2.24, 2.45) is 0 Å². The predicted molar refractivity (Wildman–Crippen MR) is 96.1 cm³/mol. The topological polar surface area (TPSA) is 71.3 Å². The van der Waals surface area contributed by atoms with Crippen molar-refractivity contribution in [2.45, 2.75) is 24.5 Å². The highest BCUT2D eigenvalue weighted by Gasteiger charge is 2.14. The van der Waals surface area contributed by atoms with E-state index in [9.17, 15) is 12.8 Å². The lowest BCUT2D eigenvalue weighted by molar-refractivity contribution is 0.483. The molecule has 1 aromatic heterocycles. The number of hydrogen-bond acceptors (Lipinski definition) is 4. The van der Waals surface area contributed by atoms with Crippen LogP contribution < -0.4 is 10.0 Å². The van der Waals surface area contributed by atoms with Crippen LogP contribution in [-0.4, -0.2) is 8.42 Å². The average molecular weight is 374 g/mol. The van der Waals surface area contributed by atoms with Crippen LogP contribution in [0.4, 0.5) is 4.39 Å². The van der Waals surface area contributed by atoms with Crippen molar-refractivity contribution < 1.29 is 17.2 Å². The summed E-state index contributed by atoms with van der Waals surface area (Å²) in [5.41, 5.74) is 1.40. The molecule has 2 N–H and O–H groups in total. The summed E-state index contributed by atoms with van der Waals surface area (Å²) in [6.45, 7) is 1.09. The van der Waals surface area contributed by atoms with E-state index in [1.807, 2.05) is 18.2 Å². The van der Waals surface area contributed by atoms with Crippen LogP contribution in [0.25, 0.3) is 0 Å². The molecule has 0 spiro atoms. The van der Waals surface area contributed by atoms with E-state index in [2.05, 4.69) is 10.0 Å². The number of furan rings is 1. The number of hydrogen-bond donors (Lipinski definition) is 2. The van der Waals surface area contributed by atoms with E-state index in [0.717, 1.165) is 11.3 Å². The third kappa shape index (κ3) is 5.01. The van der Waals surface area contributed by atoms with Crippen LogP contribution >= 0.6 is 0 Å². The summed E-state index contributed by atoms with van der Waals surface area (Å²) in [5.74, 6) is 0.414. The molecule has 0 radical (unpaired) electrons. The highest BCUT2D eigenvalue weighted by molar-refractivity contribution is 7.89. The van der Waals surface area contributed by atoms with Gasteiger partial charge in [0.1, 0.15) is 11.6 Å². The van der Waals surface area contributed by atoms with E-state index in [4.69, 9.17) is 4.42 Å². The largest absolute Gasteiger partial charge is 0.468 e. The van der Waals surface area contributed by atoms with Crippen molar-refractivity contribution in [3.63, 3.8) is 0 Å². The molecule has 0 aliphatic rings. The lowest BCUT2D eigenvalue weighted by atomic mass is 10.2. The minimum Gasteiger partial charge on any atom is -0.468 e. The Bertz CT molecular complexity index is 956. The first-order chi connectivity index (χ1) is 12.5. The first-order valence-corrected chi connectivity index (χ1v) is 9.57. The molecule has 0 bridgehead atoms. The van der Waals surface area contributed by atoms with Crippen LogP contribution in [0.5, 0.6) is 0 Å². The van der Waals surface area contributed by atoms with Gasteiger partial charge in [-0.05, 0) is 47.5 Å². The maximum absolute atomic E-state index is 13.2. The van der Waals surface area contributed by atoms with Gasteiger partial charge in [0.2, 0.25) is 10.0 Å². The zero-order chi connectivity index (χ0) is 18.4.